The van der Waals surface area contributed by atoms with Crippen molar-refractivity contribution in [1.29, 1.82) is 0 Å². The van der Waals surface area contributed by atoms with Gasteiger partial charge in [-0.05, 0) is 55.0 Å². The second-order valence-corrected chi connectivity index (χ2v) is 10.4. The van der Waals surface area contributed by atoms with Crippen LogP contribution < -0.4 is 10.1 Å². The van der Waals surface area contributed by atoms with Crippen molar-refractivity contribution in [1.82, 2.24) is 9.29 Å². The summed E-state index contributed by atoms with van der Waals surface area (Å²) in [7, 11) is -3.70. The number of aromatic nitrogens is 1. The van der Waals surface area contributed by atoms with E-state index in [1.54, 1.807) is 6.92 Å². The van der Waals surface area contributed by atoms with Gasteiger partial charge in [-0.1, -0.05) is 48.6 Å². The van der Waals surface area contributed by atoms with Crippen LogP contribution in [0, 0.1) is 0 Å². The molecule has 1 amide bonds. The van der Waals surface area contributed by atoms with Gasteiger partial charge in [-0.2, -0.15) is 4.31 Å². The largest absolute Gasteiger partial charge is 0.494 e. The predicted molar refractivity (Wildman–Crippen MR) is 135 cm³/mol. The number of anilines is 1. The maximum absolute atomic E-state index is 13.1. The number of hydrogen-bond acceptors (Lipinski definition) is 6. The number of nitrogens with zero attached hydrogens (tertiary/aromatic N) is 2. The molecule has 34 heavy (non-hydrogen) atoms. The third-order valence-electron chi connectivity index (χ3n) is 5.20. The lowest BCUT2D eigenvalue weighted by Crippen LogP contribution is -2.30. The van der Waals surface area contributed by atoms with Crippen LogP contribution in [-0.2, 0) is 16.6 Å². The molecular formula is C25H25N3O4S2. The number of amides is 1. The molecule has 0 saturated carbocycles. The van der Waals surface area contributed by atoms with E-state index >= 15 is 0 Å². The van der Waals surface area contributed by atoms with E-state index < -0.39 is 10.0 Å². The maximum Gasteiger partial charge on any atom is 0.257 e. The molecular weight excluding hydrogens is 470 g/mol. The Balaban J connectivity index is 1.48. The van der Waals surface area contributed by atoms with Crippen LogP contribution >= 0.6 is 11.3 Å². The zero-order valence-corrected chi connectivity index (χ0v) is 20.5. The molecule has 0 spiro atoms. The molecule has 0 aliphatic carbocycles. The van der Waals surface area contributed by atoms with Gasteiger partial charge in [0, 0.05) is 18.7 Å². The van der Waals surface area contributed by atoms with Gasteiger partial charge in [0.1, 0.15) is 5.75 Å². The van der Waals surface area contributed by atoms with Crippen molar-refractivity contribution >= 4 is 42.6 Å². The van der Waals surface area contributed by atoms with Gasteiger partial charge >= 0.3 is 0 Å². The summed E-state index contributed by atoms with van der Waals surface area (Å²) in [6, 6.07) is 21.0. The number of benzene rings is 3. The number of fused-ring (bicyclic) bond motifs is 1. The Bertz CT molecular complexity index is 1380. The molecule has 0 fully saturated rings. The molecule has 0 bridgehead atoms. The van der Waals surface area contributed by atoms with Crippen molar-refractivity contribution in [3.8, 4) is 5.75 Å². The van der Waals surface area contributed by atoms with Crippen LogP contribution in [0.5, 0.6) is 5.75 Å². The fourth-order valence-corrected chi connectivity index (χ4v) is 5.79. The summed E-state index contributed by atoms with van der Waals surface area (Å²) in [5.74, 6) is 0.395. The molecule has 4 rings (SSSR count). The quantitative estimate of drug-likeness (QED) is 0.347. The van der Waals surface area contributed by atoms with Gasteiger partial charge < -0.3 is 4.74 Å². The van der Waals surface area contributed by atoms with Crippen LogP contribution in [0.4, 0.5) is 5.13 Å². The van der Waals surface area contributed by atoms with Crippen molar-refractivity contribution in [2.75, 3.05) is 18.5 Å². The predicted octanol–water partition coefficient (Wildman–Crippen LogP) is 5.16. The number of thiazole rings is 1. The van der Waals surface area contributed by atoms with E-state index in [0.29, 0.717) is 23.8 Å². The minimum Gasteiger partial charge on any atom is -0.494 e. The first-order chi connectivity index (χ1) is 16.4. The van der Waals surface area contributed by atoms with Gasteiger partial charge in [-0.3, -0.25) is 10.1 Å². The van der Waals surface area contributed by atoms with Gasteiger partial charge in [-0.25, -0.2) is 13.4 Å². The Labute approximate surface area is 203 Å². The lowest BCUT2D eigenvalue weighted by molar-refractivity contribution is 0.102. The highest BCUT2D eigenvalue weighted by atomic mass is 32.2. The van der Waals surface area contributed by atoms with Crippen LogP contribution in [-0.4, -0.2) is 36.8 Å². The molecule has 0 saturated heterocycles. The standard InChI is InChI=1S/C25H25N3O4S2/c1-3-28(17-18-8-6-5-7-9-18)34(30,31)21-13-10-19(11-14-21)24(29)27-25-26-22-15-12-20(32-4-2)16-23(22)33-25/h5-16H,3-4,17H2,1-2H3,(H,26,27,29). The molecule has 1 aromatic heterocycles. The molecule has 3 aromatic carbocycles. The van der Waals surface area contributed by atoms with Crippen molar-refractivity contribution in [2.45, 2.75) is 25.3 Å². The number of rotatable bonds is 9. The number of ether oxygens (including phenoxy) is 1. The fourth-order valence-electron chi connectivity index (χ4n) is 3.47. The first kappa shape index (κ1) is 23.9. The second kappa shape index (κ2) is 10.3. The number of carbonyl (C=O) groups is 1. The van der Waals surface area contributed by atoms with Crippen molar-refractivity contribution in [3.63, 3.8) is 0 Å². The Morgan fingerprint density at radius 2 is 1.76 bits per heavy atom. The Morgan fingerprint density at radius 3 is 2.44 bits per heavy atom. The topological polar surface area (TPSA) is 88.6 Å². The zero-order valence-electron chi connectivity index (χ0n) is 18.9. The van der Waals surface area contributed by atoms with Gasteiger partial charge in [0.05, 0.1) is 21.7 Å². The Hall–Kier alpha value is -3.27. The first-order valence-corrected chi connectivity index (χ1v) is 13.1. The summed E-state index contributed by atoms with van der Waals surface area (Å²) in [5, 5.41) is 3.26. The highest BCUT2D eigenvalue weighted by molar-refractivity contribution is 7.89. The molecule has 0 unspecified atom stereocenters. The van der Waals surface area contributed by atoms with Crippen LogP contribution in [0.15, 0.2) is 77.7 Å². The van der Waals surface area contributed by atoms with Gasteiger partial charge in [0.2, 0.25) is 10.0 Å². The fraction of sp³-hybridized carbons (Fsp3) is 0.200. The highest BCUT2D eigenvalue weighted by Gasteiger charge is 2.23. The molecule has 176 valence electrons. The van der Waals surface area contributed by atoms with E-state index in [1.807, 2.05) is 55.5 Å². The lowest BCUT2D eigenvalue weighted by Gasteiger charge is -2.20. The number of sulfonamides is 1. The zero-order chi connectivity index (χ0) is 24.1. The molecule has 7 nitrogen and oxygen atoms in total. The molecule has 4 aromatic rings. The Kier molecular flexibility index (Phi) is 7.26. The summed E-state index contributed by atoms with van der Waals surface area (Å²) in [5.41, 5.74) is 2.02. The van der Waals surface area contributed by atoms with Crippen LogP contribution in [0.2, 0.25) is 0 Å². The highest BCUT2D eigenvalue weighted by Crippen LogP contribution is 2.29. The van der Waals surface area contributed by atoms with Gasteiger partial charge in [0.25, 0.3) is 5.91 Å². The number of carbonyl (C=O) groups excluding carboxylic acids is 1. The molecule has 0 aliphatic heterocycles. The molecule has 0 radical (unpaired) electrons. The van der Waals surface area contributed by atoms with E-state index in [1.165, 1.54) is 39.9 Å². The minimum atomic E-state index is -3.70. The average molecular weight is 496 g/mol. The molecule has 1 heterocycles. The lowest BCUT2D eigenvalue weighted by atomic mass is 10.2. The number of hydrogen-bond donors (Lipinski definition) is 1. The SMILES string of the molecule is CCOc1ccc2nc(NC(=O)c3ccc(S(=O)(=O)N(CC)Cc4ccccc4)cc3)sc2c1. The molecule has 0 aliphatic rings. The normalized spacial score (nSPS) is 11.6. The smallest absolute Gasteiger partial charge is 0.257 e. The van der Waals surface area contributed by atoms with Crippen LogP contribution in [0.25, 0.3) is 10.2 Å². The summed E-state index contributed by atoms with van der Waals surface area (Å²) in [6.45, 7) is 4.91. The maximum atomic E-state index is 13.1. The second-order valence-electron chi connectivity index (χ2n) is 7.48. The third kappa shape index (κ3) is 5.27. The minimum absolute atomic E-state index is 0.144. The van der Waals surface area contributed by atoms with E-state index in [-0.39, 0.29) is 17.3 Å². The van der Waals surface area contributed by atoms with Crippen molar-refractivity contribution < 1.29 is 17.9 Å². The van der Waals surface area contributed by atoms with E-state index in [9.17, 15) is 13.2 Å². The number of nitrogens with one attached hydrogen (secondary N) is 1. The molecule has 9 heteroatoms. The average Bonchev–Trinajstić information content (AvgIpc) is 3.25. The van der Waals surface area contributed by atoms with Crippen molar-refractivity contribution in [3.05, 3.63) is 83.9 Å². The summed E-state index contributed by atoms with van der Waals surface area (Å²) >= 11 is 1.35. The summed E-state index contributed by atoms with van der Waals surface area (Å²) in [4.78, 5) is 17.3. The van der Waals surface area contributed by atoms with E-state index in [0.717, 1.165) is 21.5 Å². The Morgan fingerprint density at radius 1 is 1.03 bits per heavy atom. The third-order valence-corrected chi connectivity index (χ3v) is 8.07. The first-order valence-electron chi connectivity index (χ1n) is 10.9. The van der Waals surface area contributed by atoms with E-state index in [2.05, 4.69) is 10.3 Å². The summed E-state index contributed by atoms with van der Waals surface area (Å²) < 4.78 is 34.1. The van der Waals surface area contributed by atoms with Crippen LogP contribution in [0.3, 0.4) is 0 Å². The molecule has 1 N–H and O–H groups in total. The van der Waals surface area contributed by atoms with E-state index in [4.69, 9.17) is 4.74 Å². The van der Waals surface area contributed by atoms with Crippen LogP contribution in [0.1, 0.15) is 29.8 Å². The van der Waals surface area contributed by atoms with Gasteiger partial charge in [0.15, 0.2) is 5.13 Å². The van der Waals surface area contributed by atoms with Gasteiger partial charge in [-0.15, -0.1) is 0 Å². The summed E-state index contributed by atoms with van der Waals surface area (Å²) in [6.07, 6.45) is 0. The monoisotopic (exact) mass is 495 g/mol. The molecule has 0 atom stereocenters. The van der Waals surface area contributed by atoms with Crippen molar-refractivity contribution in [2.24, 2.45) is 0 Å².